The molecule has 0 aliphatic rings. The van der Waals surface area contributed by atoms with Crippen LogP contribution in [0.1, 0.15) is 0 Å². The number of nitrogens with two attached hydrogens (primary N) is 1. The van der Waals surface area contributed by atoms with Gasteiger partial charge in [-0.15, -0.1) is 0 Å². The van der Waals surface area contributed by atoms with Crippen LogP contribution in [0, 0.1) is 0 Å². The van der Waals surface area contributed by atoms with E-state index in [1.54, 1.807) is 18.2 Å². The summed E-state index contributed by atoms with van der Waals surface area (Å²) in [6, 6.07) is 6.38. The molecule has 0 saturated carbocycles. The van der Waals surface area contributed by atoms with Crippen molar-refractivity contribution in [1.82, 2.24) is 0 Å². The molecule has 0 heterocycles. The average molecular weight is 195 g/mol. The maximum atomic E-state index is 10.7. The summed E-state index contributed by atoms with van der Waals surface area (Å²) in [5.74, 6) is 2.51. The molecule has 0 atom stereocenters. The zero-order valence-corrected chi connectivity index (χ0v) is 7.15. The van der Waals surface area contributed by atoms with E-state index in [2.05, 4.69) is 10.7 Å². The first-order valence-corrected chi connectivity index (χ1v) is 3.74. The number of aliphatic carboxylic acids is 1. The van der Waals surface area contributed by atoms with E-state index in [0.29, 0.717) is 11.4 Å². The molecule has 1 aromatic rings. The van der Waals surface area contributed by atoms with E-state index in [9.17, 15) is 9.59 Å². The second kappa shape index (κ2) is 4.24. The highest BCUT2D eigenvalue weighted by Gasteiger charge is 2.10. The van der Waals surface area contributed by atoms with Gasteiger partial charge >= 0.3 is 11.9 Å². The average Bonchev–Trinajstić information content (AvgIpc) is 2.18. The van der Waals surface area contributed by atoms with Gasteiger partial charge in [-0.1, -0.05) is 6.07 Å². The lowest BCUT2D eigenvalue weighted by molar-refractivity contribution is -0.147. The van der Waals surface area contributed by atoms with Gasteiger partial charge in [0.25, 0.3) is 0 Å². The lowest BCUT2D eigenvalue weighted by Gasteiger charge is -2.04. The molecule has 0 spiro atoms. The molecular weight excluding hydrogens is 186 g/mol. The molecule has 14 heavy (non-hydrogen) atoms. The molecule has 6 nitrogen and oxygen atoms in total. The molecule has 74 valence electrons. The molecule has 6 heteroatoms. The number of benzene rings is 1. The maximum absolute atomic E-state index is 10.7. The fourth-order valence-electron chi connectivity index (χ4n) is 0.871. The van der Waals surface area contributed by atoms with Gasteiger partial charge in [0.2, 0.25) is 0 Å². The van der Waals surface area contributed by atoms with Crippen molar-refractivity contribution < 1.29 is 14.7 Å². The van der Waals surface area contributed by atoms with Crippen LogP contribution in [-0.4, -0.2) is 17.0 Å². The van der Waals surface area contributed by atoms with Crippen LogP contribution >= 0.6 is 0 Å². The Morgan fingerprint density at radius 2 is 1.93 bits per heavy atom. The largest absolute Gasteiger partial charge is 0.474 e. The highest BCUT2D eigenvalue weighted by molar-refractivity contribution is 6.36. The molecule has 1 aromatic carbocycles. The normalized spacial score (nSPS) is 9.21. The van der Waals surface area contributed by atoms with Gasteiger partial charge in [0.05, 0.1) is 5.69 Å². The molecule has 5 N–H and O–H groups in total. The molecule has 1 rings (SSSR count). The minimum atomic E-state index is -1.53. The van der Waals surface area contributed by atoms with Crippen molar-refractivity contribution in [1.29, 1.82) is 0 Å². The molecule has 0 saturated heterocycles. The Morgan fingerprint density at radius 1 is 1.29 bits per heavy atom. The summed E-state index contributed by atoms with van der Waals surface area (Å²) in [5, 5.41) is 10.5. The number of hydrazine groups is 1. The van der Waals surface area contributed by atoms with Crippen LogP contribution in [-0.2, 0) is 9.59 Å². The number of nitrogen functional groups attached to an aromatic ring is 1. The van der Waals surface area contributed by atoms with Crippen molar-refractivity contribution >= 4 is 23.3 Å². The number of rotatable bonds is 2. The Balaban J connectivity index is 2.76. The molecular formula is C8H9N3O3. The molecule has 0 fully saturated rings. The first kappa shape index (κ1) is 10.0. The number of hydrogen-bond acceptors (Lipinski definition) is 4. The highest BCUT2D eigenvalue weighted by Crippen LogP contribution is 2.13. The smallest absolute Gasteiger partial charge is 0.394 e. The summed E-state index contributed by atoms with van der Waals surface area (Å²) in [4.78, 5) is 21.0. The van der Waals surface area contributed by atoms with E-state index in [1.807, 2.05) is 0 Å². The number of anilines is 2. The minimum Gasteiger partial charge on any atom is -0.474 e. The topological polar surface area (TPSA) is 104 Å². The molecule has 0 aromatic heterocycles. The molecule has 1 amide bonds. The van der Waals surface area contributed by atoms with Crippen LogP contribution < -0.4 is 16.6 Å². The highest BCUT2D eigenvalue weighted by atomic mass is 16.4. The summed E-state index contributed by atoms with van der Waals surface area (Å²) >= 11 is 0. The summed E-state index contributed by atoms with van der Waals surface area (Å²) < 4.78 is 0. The zero-order valence-electron chi connectivity index (χ0n) is 7.15. The minimum absolute atomic E-state index is 0.368. The van der Waals surface area contributed by atoms with E-state index in [4.69, 9.17) is 10.9 Å². The first-order valence-electron chi connectivity index (χ1n) is 3.74. The number of carbonyl (C=O) groups is 2. The van der Waals surface area contributed by atoms with Crippen LogP contribution in [0.4, 0.5) is 11.4 Å². The molecule has 0 aliphatic heterocycles. The van der Waals surface area contributed by atoms with E-state index >= 15 is 0 Å². The van der Waals surface area contributed by atoms with Crippen molar-refractivity contribution in [3.05, 3.63) is 24.3 Å². The summed E-state index contributed by atoms with van der Waals surface area (Å²) in [6.07, 6.45) is 0. The maximum Gasteiger partial charge on any atom is 0.394 e. The van der Waals surface area contributed by atoms with Crippen LogP contribution in [0.15, 0.2) is 24.3 Å². The van der Waals surface area contributed by atoms with Gasteiger partial charge in [-0.25, -0.2) is 4.79 Å². The van der Waals surface area contributed by atoms with Crippen molar-refractivity contribution in [3.8, 4) is 0 Å². The van der Waals surface area contributed by atoms with Crippen LogP contribution in [0.3, 0.4) is 0 Å². The Morgan fingerprint density at radius 3 is 2.50 bits per heavy atom. The molecule has 0 radical (unpaired) electrons. The number of carboxylic acid groups (broad SMARTS) is 1. The van der Waals surface area contributed by atoms with Crippen molar-refractivity contribution in [2.75, 3.05) is 10.7 Å². The van der Waals surface area contributed by atoms with Crippen molar-refractivity contribution in [2.45, 2.75) is 0 Å². The zero-order chi connectivity index (χ0) is 10.6. The Bertz CT molecular complexity index is 365. The predicted molar refractivity (Wildman–Crippen MR) is 50.5 cm³/mol. The van der Waals surface area contributed by atoms with E-state index < -0.39 is 11.9 Å². The van der Waals surface area contributed by atoms with E-state index in [-0.39, 0.29) is 0 Å². The third kappa shape index (κ3) is 2.46. The monoisotopic (exact) mass is 195 g/mol. The Kier molecular flexibility index (Phi) is 3.03. The van der Waals surface area contributed by atoms with Crippen LogP contribution in [0.2, 0.25) is 0 Å². The quantitative estimate of drug-likeness (QED) is 0.302. The summed E-state index contributed by atoms with van der Waals surface area (Å²) in [6.45, 7) is 0. The molecule has 0 aliphatic carbocycles. The molecule has 0 unspecified atom stereocenters. The Hall–Kier alpha value is -2.08. The van der Waals surface area contributed by atoms with E-state index in [1.165, 1.54) is 6.07 Å². The van der Waals surface area contributed by atoms with Gasteiger partial charge in [-0.3, -0.25) is 10.6 Å². The number of hydrogen-bond donors (Lipinski definition) is 4. The van der Waals surface area contributed by atoms with Gasteiger partial charge in [0.1, 0.15) is 0 Å². The molecule has 0 bridgehead atoms. The number of carboxylic acids is 1. The fraction of sp³-hybridized carbons (Fsp3) is 0. The lowest BCUT2D eigenvalue weighted by atomic mass is 10.3. The van der Waals surface area contributed by atoms with E-state index in [0.717, 1.165) is 0 Å². The van der Waals surface area contributed by atoms with Gasteiger partial charge in [-0.05, 0) is 18.2 Å². The second-order valence-corrected chi connectivity index (χ2v) is 2.48. The number of carbonyl (C=O) groups excluding carboxylic acids is 1. The van der Waals surface area contributed by atoms with Crippen LogP contribution in [0.25, 0.3) is 0 Å². The van der Waals surface area contributed by atoms with Gasteiger partial charge < -0.3 is 15.8 Å². The summed E-state index contributed by atoms with van der Waals surface area (Å²) in [5.41, 5.74) is 3.32. The summed E-state index contributed by atoms with van der Waals surface area (Å²) in [7, 11) is 0. The first-order chi connectivity index (χ1) is 6.63. The predicted octanol–water partition coefficient (Wildman–Crippen LogP) is -0.00470. The third-order valence-electron chi connectivity index (χ3n) is 1.48. The fourth-order valence-corrected chi connectivity index (χ4v) is 0.871. The van der Waals surface area contributed by atoms with Crippen molar-refractivity contribution in [2.24, 2.45) is 5.84 Å². The lowest BCUT2D eigenvalue weighted by Crippen LogP contribution is -2.21. The van der Waals surface area contributed by atoms with Crippen LogP contribution in [0.5, 0.6) is 0 Å². The number of nitrogens with one attached hydrogen (secondary N) is 2. The van der Waals surface area contributed by atoms with Gasteiger partial charge in [-0.2, -0.15) is 0 Å². The standard InChI is InChI=1S/C8H9N3O3/c9-11-6-3-1-2-5(4-6)10-7(12)8(13)14/h1-4,11H,9H2,(H,10,12)(H,13,14). The van der Waals surface area contributed by atoms with Gasteiger partial charge in [0.15, 0.2) is 0 Å². The van der Waals surface area contributed by atoms with Gasteiger partial charge in [0, 0.05) is 5.69 Å². The number of amides is 1. The SMILES string of the molecule is NNc1cccc(NC(=O)C(=O)O)c1. The second-order valence-electron chi connectivity index (χ2n) is 2.48. The van der Waals surface area contributed by atoms with Crippen molar-refractivity contribution in [3.63, 3.8) is 0 Å². The Labute approximate surface area is 79.7 Å². The third-order valence-corrected chi connectivity index (χ3v) is 1.48.